The van der Waals surface area contributed by atoms with Gasteiger partial charge in [-0.2, -0.15) is 5.10 Å². The Morgan fingerprint density at radius 2 is 1.83 bits per heavy atom. The topological polar surface area (TPSA) is 80.3 Å². The van der Waals surface area contributed by atoms with Crippen LogP contribution in [0.2, 0.25) is 0 Å². The van der Waals surface area contributed by atoms with E-state index in [-0.39, 0.29) is 5.91 Å². The minimum Gasteiger partial charge on any atom is -0.494 e. The third-order valence-corrected chi connectivity index (χ3v) is 6.74. The highest BCUT2D eigenvalue weighted by Crippen LogP contribution is 2.24. The van der Waals surface area contributed by atoms with E-state index in [1.807, 2.05) is 56.5 Å². The number of hydrogen-bond donors (Lipinski definition) is 0. The fraction of sp³-hybridized carbons (Fsp3) is 0.462. The van der Waals surface area contributed by atoms with Crippen molar-refractivity contribution >= 4 is 17.1 Å². The number of likely N-dealkylation sites (N-methyl/N-ethyl adjacent to an activating group) is 1. The molecule has 0 unspecified atom stereocenters. The molecule has 1 amide bonds. The number of unbranched alkanes of at least 4 members (excludes halogenated alkanes) is 1. The molecule has 0 aliphatic carbocycles. The van der Waals surface area contributed by atoms with Gasteiger partial charge in [0.15, 0.2) is 5.65 Å². The SMILES string of the molecule is CCCCOc1ccc(-c2cc3c4nnc(CCC(=O)N5CCN(CC)CC5)n4ccn3n2)cc1. The molecule has 1 aromatic carbocycles. The van der Waals surface area contributed by atoms with Crippen molar-refractivity contribution < 1.29 is 9.53 Å². The summed E-state index contributed by atoms with van der Waals surface area (Å²) in [4.78, 5) is 17.1. The minimum atomic E-state index is 0.187. The molecule has 1 fully saturated rings. The zero-order valence-corrected chi connectivity index (χ0v) is 20.6. The largest absolute Gasteiger partial charge is 0.494 e. The van der Waals surface area contributed by atoms with Gasteiger partial charge in [-0.15, -0.1) is 10.2 Å². The Hall–Kier alpha value is -3.46. The number of rotatable bonds is 9. The van der Waals surface area contributed by atoms with Gasteiger partial charge in [0, 0.05) is 57.0 Å². The molecule has 9 nitrogen and oxygen atoms in total. The normalized spacial score (nSPS) is 14.7. The van der Waals surface area contributed by atoms with Gasteiger partial charge in [0.25, 0.3) is 0 Å². The standard InChI is InChI=1S/C26H33N7O2/c1-3-5-18-35-21-8-6-20(7-9-21)22-19-23-26-28-27-24(32(26)16-17-33(23)29-22)10-11-25(34)31-14-12-30(4-2)13-15-31/h6-9,16-17,19H,3-5,10-15,18H2,1-2H3. The summed E-state index contributed by atoms with van der Waals surface area (Å²) in [5.41, 5.74) is 3.50. The summed E-state index contributed by atoms with van der Waals surface area (Å²) < 4.78 is 9.56. The monoisotopic (exact) mass is 475 g/mol. The fourth-order valence-electron chi connectivity index (χ4n) is 4.52. The van der Waals surface area contributed by atoms with Gasteiger partial charge in [-0.3, -0.25) is 9.20 Å². The summed E-state index contributed by atoms with van der Waals surface area (Å²) in [7, 11) is 0. The molecule has 1 saturated heterocycles. The van der Waals surface area contributed by atoms with Gasteiger partial charge < -0.3 is 14.5 Å². The molecule has 4 heterocycles. The number of amides is 1. The van der Waals surface area contributed by atoms with Crippen molar-refractivity contribution in [2.45, 2.75) is 39.5 Å². The van der Waals surface area contributed by atoms with E-state index in [9.17, 15) is 4.79 Å². The number of aromatic nitrogens is 5. The first-order chi connectivity index (χ1) is 17.2. The lowest BCUT2D eigenvalue weighted by atomic mass is 10.1. The van der Waals surface area contributed by atoms with Crippen molar-refractivity contribution in [1.29, 1.82) is 0 Å². The summed E-state index contributed by atoms with van der Waals surface area (Å²) in [6.07, 6.45) is 7.00. The van der Waals surface area contributed by atoms with Crippen molar-refractivity contribution in [3.63, 3.8) is 0 Å². The van der Waals surface area contributed by atoms with E-state index in [1.54, 1.807) is 0 Å². The van der Waals surface area contributed by atoms with Crippen LogP contribution in [0.5, 0.6) is 5.75 Å². The van der Waals surface area contributed by atoms with E-state index >= 15 is 0 Å². The predicted molar refractivity (Wildman–Crippen MR) is 135 cm³/mol. The van der Waals surface area contributed by atoms with E-state index in [2.05, 4.69) is 28.9 Å². The minimum absolute atomic E-state index is 0.187. The molecule has 9 heteroatoms. The number of nitrogens with zero attached hydrogens (tertiary/aromatic N) is 7. The molecule has 0 saturated carbocycles. The maximum Gasteiger partial charge on any atom is 0.223 e. The van der Waals surface area contributed by atoms with Crippen LogP contribution in [0, 0.1) is 0 Å². The summed E-state index contributed by atoms with van der Waals surface area (Å²) in [5, 5.41) is 13.5. The Kier molecular flexibility index (Phi) is 6.94. The zero-order chi connectivity index (χ0) is 24.2. The summed E-state index contributed by atoms with van der Waals surface area (Å²) in [6.45, 7) is 9.60. The van der Waals surface area contributed by atoms with Gasteiger partial charge in [-0.25, -0.2) is 4.52 Å². The van der Waals surface area contributed by atoms with Crippen molar-refractivity contribution in [2.24, 2.45) is 0 Å². The van der Waals surface area contributed by atoms with Gasteiger partial charge in [0.2, 0.25) is 5.91 Å². The highest BCUT2D eigenvalue weighted by Gasteiger charge is 2.21. The van der Waals surface area contributed by atoms with Gasteiger partial charge in [-0.1, -0.05) is 20.3 Å². The van der Waals surface area contributed by atoms with Gasteiger partial charge in [0.05, 0.1) is 12.3 Å². The first-order valence-corrected chi connectivity index (χ1v) is 12.6. The number of piperazine rings is 1. The third kappa shape index (κ3) is 5.00. The molecule has 0 spiro atoms. The lowest BCUT2D eigenvalue weighted by Crippen LogP contribution is -2.48. The molecular formula is C26H33N7O2. The number of fused-ring (bicyclic) bond motifs is 3. The molecule has 184 valence electrons. The first kappa shape index (κ1) is 23.3. The van der Waals surface area contributed by atoms with Crippen LogP contribution in [0.3, 0.4) is 0 Å². The fourth-order valence-corrected chi connectivity index (χ4v) is 4.52. The number of carbonyl (C=O) groups is 1. The van der Waals surface area contributed by atoms with Crippen molar-refractivity contribution in [3.8, 4) is 17.0 Å². The Bertz CT molecular complexity index is 1290. The molecule has 0 N–H and O–H groups in total. The molecule has 0 radical (unpaired) electrons. The second-order valence-electron chi connectivity index (χ2n) is 9.01. The Balaban J connectivity index is 1.29. The molecule has 4 aromatic rings. The summed E-state index contributed by atoms with van der Waals surface area (Å²) in [5.74, 6) is 1.85. The molecule has 0 bridgehead atoms. The number of carbonyl (C=O) groups excluding carboxylic acids is 1. The molecule has 1 aliphatic heterocycles. The molecular weight excluding hydrogens is 442 g/mol. The maximum absolute atomic E-state index is 12.7. The van der Waals surface area contributed by atoms with Gasteiger partial charge in [-0.05, 0) is 43.3 Å². The van der Waals surface area contributed by atoms with Crippen LogP contribution in [-0.4, -0.2) is 79.2 Å². The lowest BCUT2D eigenvalue weighted by molar-refractivity contribution is -0.132. The smallest absolute Gasteiger partial charge is 0.223 e. The maximum atomic E-state index is 12.7. The first-order valence-electron chi connectivity index (χ1n) is 12.6. The summed E-state index contributed by atoms with van der Waals surface area (Å²) >= 11 is 0. The number of benzene rings is 1. The Morgan fingerprint density at radius 1 is 1.03 bits per heavy atom. The van der Waals surface area contributed by atoms with Crippen molar-refractivity contribution in [3.05, 3.63) is 48.5 Å². The van der Waals surface area contributed by atoms with E-state index in [1.165, 1.54) is 0 Å². The lowest BCUT2D eigenvalue weighted by Gasteiger charge is -2.34. The zero-order valence-electron chi connectivity index (χ0n) is 20.6. The average Bonchev–Trinajstić information content (AvgIpc) is 3.52. The van der Waals surface area contributed by atoms with E-state index in [4.69, 9.17) is 9.84 Å². The second-order valence-corrected chi connectivity index (χ2v) is 9.01. The van der Waals surface area contributed by atoms with Gasteiger partial charge >= 0.3 is 0 Å². The van der Waals surface area contributed by atoms with E-state index in [0.29, 0.717) is 12.8 Å². The Labute approximate surface area is 205 Å². The van der Waals surface area contributed by atoms with Crippen LogP contribution >= 0.6 is 0 Å². The Morgan fingerprint density at radius 3 is 2.57 bits per heavy atom. The third-order valence-electron chi connectivity index (χ3n) is 6.74. The highest BCUT2D eigenvalue weighted by molar-refractivity contribution is 5.78. The van der Waals surface area contributed by atoms with Crippen molar-refractivity contribution in [1.82, 2.24) is 34.0 Å². The quantitative estimate of drug-likeness (QED) is 0.346. The molecule has 1 aliphatic rings. The van der Waals surface area contributed by atoms with Crippen LogP contribution in [0.1, 0.15) is 38.9 Å². The number of ether oxygens (including phenoxy) is 1. The van der Waals surface area contributed by atoms with Crippen LogP contribution in [-0.2, 0) is 11.2 Å². The molecule has 0 atom stereocenters. The van der Waals surface area contributed by atoms with Crippen molar-refractivity contribution in [2.75, 3.05) is 39.3 Å². The molecule has 5 rings (SSSR count). The van der Waals surface area contributed by atoms with E-state index < -0.39 is 0 Å². The average molecular weight is 476 g/mol. The summed E-state index contributed by atoms with van der Waals surface area (Å²) in [6, 6.07) is 10.1. The predicted octanol–water partition coefficient (Wildman–Crippen LogP) is 3.32. The molecule has 35 heavy (non-hydrogen) atoms. The number of hydrogen-bond acceptors (Lipinski definition) is 6. The van der Waals surface area contributed by atoms with Gasteiger partial charge in [0.1, 0.15) is 17.1 Å². The van der Waals surface area contributed by atoms with Crippen LogP contribution in [0.15, 0.2) is 42.7 Å². The van der Waals surface area contributed by atoms with Crippen LogP contribution in [0.25, 0.3) is 22.4 Å². The van der Waals surface area contributed by atoms with E-state index in [0.717, 1.165) is 86.2 Å². The second kappa shape index (κ2) is 10.4. The number of aryl methyl sites for hydroxylation is 1. The van der Waals surface area contributed by atoms with Crippen LogP contribution in [0.4, 0.5) is 0 Å². The highest BCUT2D eigenvalue weighted by atomic mass is 16.5. The molecule has 3 aromatic heterocycles. The van der Waals surface area contributed by atoms with Crippen LogP contribution < -0.4 is 4.74 Å².